The van der Waals surface area contributed by atoms with E-state index in [1.54, 1.807) is 0 Å². The van der Waals surface area contributed by atoms with E-state index in [2.05, 4.69) is 39.6 Å². The Labute approximate surface area is 196 Å². The molecule has 0 aliphatic carbocycles. The lowest BCUT2D eigenvalue weighted by Gasteiger charge is -2.23. The molecule has 0 N–H and O–H groups in total. The topological polar surface area (TPSA) is 49.4 Å². The predicted molar refractivity (Wildman–Crippen MR) is 135 cm³/mol. The summed E-state index contributed by atoms with van der Waals surface area (Å²) in [5, 5.41) is 0. The molecule has 0 aromatic heterocycles. The molecule has 1 unspecified atom stereocenters. The Hall–Kier alpha value is -0.240. The van der Waals surface area contributed by atoms with E-state index in [9.17, 15) is 0 Å². The highest BCUT2D eigenvalue weighted by molar-refractivity contribution is 4.66. The number of hydrogen-bond donors (Lipinski definition) is 0. The van der Waals surface area contributed by atoms with Gasteiger partial charge in [-0.2, -0.15) is 0 Å². The molecule has 0 aliphatic rings. The second kappa shape index (κ2) is 31.9. The van der Waals surface area contributed by atoms with Gasteiger partial charge in [0, 0.05) is 45.1 Å². The average Bonchev–Trinajstić information content (AvgIpc) is 2.76. The van der Waals surface area contributed by atoms with Crippen LogP contribution in [-0.2, 0) is 23.7 Å². The van der Waals surface area contributed by atoms with Crippen LogP contribution in [0.3, 0.4) is 0 Å². The zero-order valence-corrected chi connectivity index (χ0v) is 23.3. The summed E-state index contributed by atoms with van der Waals surface area (Å²) >= 11 is 0. The monoisotopic (exact) mass is 453 g/mol. The van der Waals surface area contributed by atoms with Crippen LogP contribution in [0.2, 0.25) is 0 Å². The molecule has 0 saturated heterocycles. The van der Waals surface area contributed by atoms with Crippen molar-refractivity contribution >= 4 is 0 Å². The van der Waals surface area contributed by atoms with Crippen LogP contribution < -0.4 is 0 Å². The van der Waals surface area contributed by atoms with Crippen molar-refractivity contribution in [3.63, 3.8) is 0 Å². The van der Waals surface area contributed by atoms with Gasteiger partial charge in [-0.25, -0.2) is 0 Å². The molecule has 1 atom stereocenters. The van der Waals surface area contributed by atoms with Crippen molar-refractivity contribution in [3.8, 4) is 0 Å². The van der Waals surface area contributed by atoms with Gasteiger partial charge in [0.05, 0.1) is 25.9 Å². The SMILES string of the molecule is CCN(C)CC.CCOCC.CCOCC(C)(C)COCC.CCOCC(C)OCC. The van der Waals surface area contributed by atoms with Gasteiger partial charge in [0.2, 0.25) is 0 Å². The van der Waals surface area contributed by atoms with Crippen LogP contribution in [0, 0.1) is 5.41 Å². The second-order valence-electron chi connectivity index (χ2n) is 7.63. The number of rotatable bonds is 15. The number of hydrogen-bond acceptors (Lipinski definition) is 6. The lowest BCUT2D eigenvalue weighted by Crippen LogP contribution is -2.25. The summed E-state index contributed by atoms with van der Waals surface area (Å²) < 4.78 is 25.8. The van der Waals surface area contributed by atoms with Crippen molar-refractivity contribution in [1.82, 2.24) is 4.90 Å². The summed E-state index contributed by atoms with van der Waals surface area (Å²) in [5.74, 6) is 0. The normalized spacial score (nSPS) is 11.5. The molecule has 194 valence electrons. The van der Waals surface area contributed by atoms with Gasteiger partial charge in [-0.3, -0.25) is 0 Å². The van der Waals surface area contributed by atoms with Gasteiger partial charge in [-0.05, 0) is 68.6 Å². The average molecular weight is 454 g/mol. The quantitative estimate of drug-likeness (QED) is 0.325. The van der Waals surface area contributed by atoms with Crippen LogP contribution in [0.25, 0.3) is 0 Å². The maximum Gasteiger partial charge on any atom is 0.0780 e. The van der Waals surface area contributed by atoms with Crippen LogP contribution in [0.5, 0.6) is 0 Å². The Morgan fingerprint density at radius 2 is 1.00 bits per heavy atom. The van der Waals surface area contributed by atoms with Crippen LogP contribution in [0.15, 0.2) is 0 Å². The van der Waals surface area contributed by atoms with Gasteiger partial charge in [-0.1, -0.05) is 27.7 Å². The van der Waals surface area contributed by atoms with E-state index in [1.807, 2.05) is 48.5 Å². The van der Waals surface area contributed by atoms with Gasteiger partial charge >= 0.3 is 0 Å². The fraction of sp³-hybridized carbons (Fsp3) is 1.00. The summed E-state index contributed by atoms with van der Waals surface area (Å²) in [4.78, 5) is 2.25. The van der Waals surface area contributed by atoms with Crippen molar-refractivity contribution in [3.05, 3.63) is 0 Å². The molecule has 31 heavy (non-hydrogen) atoms. The lowest BCUT2D eigenvalue weighted by atomic mass is 9.96. The van der Waals surface area contributed by atoms with Crippen LogP contribution in [-0.4, -0.2) is 90.6 Å². The first kappa shape index (κ1) is 38.0. The molecule has 0 rings (SSSR count). The first-order valence-corrected chi connectivity index (χ1v) is 12.3. The Bertz CT molecular complexity index is 275. The summed E-state index contributed by atoms with van der Waals surface area (Å²) in [7, 11) is 2.11. The van der Waals surface area contributed by atoms with Crippen molar-refractivity contribution in [2.75, 3.05) is 79.6 Å². The molecule has 0 bridgehead atoms. The van der Waals surface area contributed by atoms with E-state index >= 15 is 0 Å². The minimum Gasteiger partial charge on any atom is -0.382 e. The second-order valence-corrected chi connectivity index (χ2v) is 7.63. The van der Waals surface area contributed by atoms with Crippen molar-refractivity contribution in [1.29, 1.82) is 0 Å². The Kier molecular flexibility index (Phi) is 39.2. The fourth-order valence-electron chi connectivity index (χ4n) is 1.84. The van der Waals surface area contributed by atoms with Gasteiger partial charge in [0.15, 0.2) is 0 Å². The maximum absolute atomic E-state index is 5.32. The highest BCUT2D eigenvalue weighted by atomic mass is 16.5. The smallest absolute Gasteiger partial charge is 0.0780 e. The Morgan fingerprint density at radius 3 is 1.23 bits per heavy atom. The molecule has 0 saturated carbocycles. The molecule has 6 nitrogen and oxygen atoms in total. The molecule has 0 fully saturated rings. The largest absolute Gasteiger partial charge is 0.382 e. The molecule has 0 heterocycles. The third kappa shape index (κ3) is 44.3. The van der Waals surface area contributed by atoms with E-state index in [1.165, 1.54) is 0 Å². The molecule has 0 radical (unpaired) electrons. The van der Waals surface area contributed by atoms with E-state index < -0.39 is 0 Å². The van der Waals surface area contributed by atoms with Crippen LogP contribution >= 0.6 is 0 Å². The molecule has 0 spiro atoms. The molecular weight excluding hydrogens is 394 g/mol. The molecule has 0 aromatic carbocycles. The summed E-state index contributed by atoms with van der Waals surface area (Å²) in [6, 6.07) is 0. The van der Waals surface area contributed by atoms with Crippen LogP contribution in [0.4, 0.5) is 0 Å². The summed E-state index contributed by atoms with van der Waals surface area (Å²) in [5.41, 5.74) is 0.159. The van der Waals surface area contributed by atoms with Crippen molar-refractivity contribution in [2.24, 2.45) is 5.41 Å². The zero-order valence-electron chi connectivity index (χ0n) is 23.3. The molecule has 0 amide bonds. The lowest BCUT2D eigenvalue weighted by molar-refractivity contribution is 0.00215. The third-order valence-corrected chi connectivity index (χ3v) is 3.89. The van der Waals surface area contributed by atoms with Gasteiger partial charge in [-0.15, -0.1) is 0 Å². The van der Waals surface area contributed by atoms with Crippen LogP contribution in [0.1, 0.15) is 76.2 Å². The number of ether oxygens (including phenoxy) is 5. The minimum absolute atomic E-state index is 0.159. The highest BCUT2D eigenvalue weighted by Gasteiger charge is 2.17. The predicted octanol–water partition coefficient (Wildman–Crippen LogP) is 5.53. The molecule has 6 heteroatoms. The summed E-state index contributed by atoms with van der Waals surface area (Å²) in [6.07, 6.45) is 0.245. The van der Waals surface area contributed by atoms with E-state index in [0.717, 1.165) is 65.9 Å². The zero-order chi connectivity index (χ0) is 25.0. The third-order valence-electron chi connectivity index (χ3n) is 3.89. The number of nitrogens with zero attached hydrogens (tertiary/aromatic N) is 1. The highest BCUT2D eigenvalue weighted by Crippen LogP contribution is 2.15. The van der Waals surface area contributed by atoms with Crippen molar-refractivity contribution < 1.29 is 23.7 Å². The standard InChI is InChI=1S/C9H20O2.C7H16O2.C5H13N.C4H10O/c1-5-10-7-9(3,4)8-11-6-2;1-4-8-6-7(3)9-5-2;1-4-6(3)5-2;1-3-5-4-2/h5-8H2,1-4H3;7H,4-6H2,1-3H3;4-5H2,1-3H3;3-4H2,1-2H3. The molecule has 0 aliphatic heterocycles. The van der Waals surface area contributed by atoms with Gasteiger partial charge < -0.3 is 28.6 Å². The minimum atomic E-state index is 0.159. The maximum atomic E-state index is 5.32. The Balaban J connectivity index is -0.000000164. The van der Waals surface area contributed by atoms with E-state index in [-0.39, 0.29) is 11.5 Å². The Morgan fingerprint density at radius 1 is 0.613 bits per heavy atom. The van der Waals surface area contributed by atoms with Crippen molar-refractivity contribution in [2.45, 2.75) is 82.3 Å². The summed E-state index contributed by atoms with van der Waals surface area (Å²) in [6.45, 7) is 32.0. The first-order chi connectivity index (χ1) is 14.7. The molecular formula is C25H59NO5. The van der Waals surface area contributed by atoms with E-state index in [0.29, 0.717) is 6.61 Å². The fourth-order valence-corrected chi connectivity index (χ4v) is 1.84. The van der Waals surface area contributed by atoms with E-state index in [4.69, 9.17) is 23.7 Å². The van der Waals surface area contributed by atoms with Gasteiger partial charge in [0.1, 0.15) is 0 Å². The molecule has 0 aromatic rings. The van der Waals surface area contributed by atoms with Gasteiger partial charge in [0.25, 0.3) is 0 Å². The first-order valence-electron chi connectivity index (χ1n) is 12.3.